The highest BCUT2D eigenvalue weighted by molar-refractivity contribution is 5.63. The molecule has 1 N–H and O–H groups in total. The lowest BCUT2D eigenvalue weighted by atomic mass is 10.1. The van der Waals surface area contributed by atoms with Crippen molar-refractivity contribution in [3.63, 3.8) is 0 Å². The van der Waals surface area contributed by atoms with Crippen molar-refractivity contribution < 1.29 is 0 Å². The molecule has 0 aromatic heterocycles. The highest BCUT2D eigenvalue weighted by Crippen LogP contribution is 2.21. The molecule has 82 valence electrons. The van der Waals surface area contributed by atoms with E-state index in [2.05, 4.69) is 67.7 Å². The average molecular weight is 211 g/mol. The second-order valence-electron chi connectivity index (χ2n) is 4.00. The Bertz CT molecular complexity index is 457. The molecule has 0 saturated heterocycles. The van der Waals surface area contributed by atoms with Crippen LogP contribution < -0.4 is 5.32 Å². The number of para-hydroxylation sites is 1. The predicted octanol–water partition coefficient (Wildman–Crippen LogP) is 4.30. The fourth-order valence-corrected chi connectivity index (χ4v) is 1.74. The molecular formula is C15H17N. The van der Waals surface area contributed by atoms with Gasteiger partial charge in [-0.1, -0.05) is 42.8 Å². The van der Waals surface area contributed by atoms with Gasteiger partial charge in [-0.2, -0.15) is 0 Å². The zero-order chi connectivity index (χ0) is 11.4. The molecule has 0 radical (unpaired) electrons. The van der Waals surface area contributed by atoms with Crippen LogP contribution in [-0.4, -0.2) is 0 Å². The van der Waals surface area contributed by atoms with E-state index in [-0.39, 0.29) is 0 Å². The van der Waals surface area contributed by atoms with Crippen LogP contribution >= 0.6 is 0 Å². The summed E-state index contributed by atoms with van der Waals surface area (Å²) in [7, 11) is 0. The SMILES string of the molecule is CCc1ccccc1Nc1ccc(C)cc1. The minimum absolute atomic E-state index is 1.05. The minimum Gasteiger partial charge on any atom is -0.355 e. The van der Waals surface area contributed by atoms with Gasteiger partial charge in [0.05, 0.1) is 0 Å². The molecule has 2 aromatic rings. The number of rotatable bonds is 3. The molecule has 0 heterocycles. The van der Waals surface area contributed by atoms with E-state index < -0.39 is 0 Å². The Hall–Kier alpha value is -1.76. The van der Waals surface area contributed by atoms with Crippen LogP contribution in [-0.2, 0) is 6.42 Å². The zero-order valence-corrected chi connectivity index (χ0v) is 9.83. The smallest absolute Gasteiger partial charge is 0.0416 e. The lowest BCUT2D eigenvalue weighted by molar-refractivity contribution is 1.14. The summed E-state index contributed by atoms with van der Waals surface area (Å²) in [5.74, 6) is 0. The number of nitrogens with one attached hydrogen (secondary N) is 1. The second-order valence-corrected chi connectivity index (χ2v) is 4.00. The van der Waals surface area contributed by atoms with Gasteiger partial charge in [-0.05, 0) is 37.1 Å². The van der Waals surface area contributed by atoms with Crippen molar-refractivity contribution in [2.75, 3.05) is 5.32 Å². The van der Waals surface area contributed by atoms with Gasteiger partial charge < -0.3 is 5.32 Å². The van der Waals surface area contributed by atoms with E-state index in [9.17, 15) is 0 Å². The van der Waals surface area contributed by atoms with Crippen LogP contribution in [0, 0.1) is 6.92 Å². The lowest BCUT2D eigenvalue weighted by Crippen LogP contribution is -1.94. The van der Waals surface area contributed by atoms with E-state index in [4.69, 9.17) is 0 Å². The van der Waals surface area contributed by atoms with Crippen molar-refractivity contribution in [1.82, 2.24) is 0 Å². The Balaban J connectivity index is 2.23. The zero-order valence-electron chi connectivity index (χ0n) is 9.83. The molecule has 0 aliphatic carbocycles. The molecule has 2 aromatic carbocycles. The maximum absolute atomic E-state index is 3.45. The summed E-state index contributed by atoms with van der Waals surface area (Å²) >= 11 is 0. The van der Waals surface area contributed by atoms with E-state index in [0.29, 0.717) is 0 Å². The largest absolute Gasteiger partial charge is 0.355 e. The molecule has 1 nitrogen and oxygen atoms in total. The van der Waals surface area contributed by atoms with Crippen molar-refractivity contribution in [3.8, 4) is 0 Å². The van der Waals surface area contributed by atoms with Crippen LogP contribution in [0.15, 0.2) is 48.5 Å². The molecule has 0 bridgehead atoms. The van der Waals surface area contributed by atoms with Crippen LogP contribution in [0.5, 0.6) is 0 Å². The maximum Gasteiger partial charge on any atom is 0.0416 e. The molecule has 0 unspecified atom stereocenters. The third kappa shape index (κ3) is 2.43. The third-order valence-corrected chi connectivity index (χ3v) is 2.73. The van der Waals surface area contributed by atoms with Gasteiger partial charge in [0.25, 0.3) is 0 Å². The molecule has 0 saturated carbocycles. The molecule has 0 aliphatic rings. The third-order valence-electron chi connectivity index (χ3n) is 2.73. The molecular weight excluding hydrogens is 194 g/mol. The monoisotopic (exact) mass is 211 g/mol. The van der Waals surface area contributed by atoms with Crippen molar-refractivity contribution in [1.29, 1.82) is 0 Å². The molecule has 0 fully saturated rings. The predicted molar refractivity (Wildman–Crippen MR) is 70.3 cm³/mol. The standard InChI is InChI=1S/C15H17N/c1-3-13-6-4-5-7-15(13)16-14-10-8-12(2)9-11-14/h4-11,16H,3H2,1-2H3. The summed E-state index contributed by atoms with van der Waals surface area (Å²) in [5.41, 5.74) is 4.98. The van der Waals surface area contributed by atoms with Crippen LogP contribution in [0.2, 0.25) is 0 Å². The van der Waals surface area contributed by atoms with Gasteiger partial charge in [-0.25, -0.2) is 0 Å². The quantitative estimate of drug-likeness (QED) is 0.798. The van der Waals surface area contributed by atoms with Crippen LogP contribution in [0.1, 0.15) is 18.1 Å². The minimum atomic E-state index is 1.05. The van der Waals surface area contributed by atoms with Gasteiger partial charge in [-0.15, -0.1) is 0 Å². The molecule has 0 amide bonds. The van der Waals surface area contributed by atoms with Crippen LogP contribution in [0.25, 0.3) is 0 Å². The van der Waals surface area contributed by atoms with Crippen molar-refractivity contribution >= 4 is 11.4 Å². The fraction of sp³-hybridized carbons (Fsp3) is 0.200. The van der Waals surface area contributed by atoms with E-state index in [1.54, 1.807) is 0 Å². The Kier molecular flexibility index (Phi) is 3.25. The van der Waals surface area contributed by atoms with E-state index in [0.717, 1.165) is 12.1 Å². The first-order chi connectivity index (χ1) is 7.79. The summed E-state index contributed by atoms with van der Waals surface area (Å²) in [5, 5.41) is 3.45. The van der Waals surface area contributed by atoms with Crippen molar-refractivity contribution in [2.45, 2.75) is 20.3 Å². The van der Waals surface area contributed by atoms with E-state index in [1.807, 2.05) is 0 Å². The summed E-state index contributed by atoms with van der Waals surface area (Å²) in [4.78, 5) is 0. The topological polar surface area (TPSA) is 12.0 Å². The molecule has 0 atom stereocenters. The number of anilines is 2. The van der Waals surface area contributed by atoms with Crippen molar-refractivity contribution in [2.24, 2.45) is 0 Å². The first-order valence-electron chi connectivity index (χ1n) is 5.71. The molecule has 16 heavy (non-hydrogen) atoms. The second kappa shape index (κ2) is 4.84. The van der Waals surface area contributed by atoms with Crippen molar-refractivity contribution in [3.05, 3.63) is 59.7 Å². The Morgan fingerprint density at radius 3 is 2.31 bits per heavy atom. The molecule has 2 rings (SSSR count). The van der Waals surface area contributed by atoms with Gasteiger partial charge in [0.1, 0.15) is 0 Å². The highest BCUT2D eigenvalue weighted by atomic mass is 14.9. The highest BCUT2D eigenvalue weighted by Gasteiger charge is 1.99. The van der Waals surface area contributed by atoms with E-state index in [1.165, 1.54) is 16.8 Å². The van der Waals surface area contributed by atoms with Gasteiger partial charge in [0.2, 0.25) is 0 Å². The first-order valence-corrected chi connectivity index (χ1v) is 5.71. The number of aryl methyl sites for hydroxylation is 2. The van der Waals surface area contributed by atoms with Crippen LogP contribution in [0.3, 0.4) is 0 Å². The molecule has 1 heteroatoms. The lowest BCUT2D eigenvalue weighted by Gasteiger charge is -2.10. The number of benzene rings is 2. The normalized spacial score (nSPS) is 10.1. The number of hydrogen-bond donors (Lipinski definition) is 1. The molecule has 0 aliphatic heterocycles. The summed E-state index contributed by atoms with van der Waals surface area (Å²) < 4.78 is 0. The summed E-state index contributed by atoms with van der Waals surface area (Å²) in [6.07, 6.45) is 1.05. The summed E-state index contributed by atoms with van der Waals surface area (Å²) in [6.45, 7) is 4.28. The van der Waals surface area contributed by atoms with Gasteiger partial charge in [-0.3, -0.25) is 0 Å². The fourth-order valence-electron chi connectivity index (χ4n) is 1.74. The Morgan fingerprint density at radius 1 is 0.938 bits per heavy atom. The Morgan fingerprint density at radius 2 is 1.62 bits per heavy atom. The summed E-state index contributed by atoms with van der Waals surface area (Å²) in [6, 6.07) is 16.9. The Labute approximate surface area is 97.1 Å². The van der Waals surface area contributed by atoms with Gasteiger partial charge >= 0.3 is 0 Å². The average Bonchev–Trinajstić information content (AvgIpc) is 2.33. The van der Waals surface area contributed by atoms with Gasteiger partial charge in [0.15, 0.2) is 0 Å². The van der Waals surface area contributed by atoms with E-state index >= 15 is 0 Å². The maximum atomic E-state index is 3.45. The molecule has 0 spiro atoms. The van der Waals surface area contributed by atoms with Gasteiger partial charge in [0, 0.05) is 11.4 Å². The first kappa shape index (κ1) is 10.7. The van der Waals surface area contributed by atoms with Crippen LogP contribution in [0.4, 0.5) is 11.4 Å². The number of hydrogen-bond acceptors (Lipinski definition) is 1.